The maximum Gasteiger partial charge on any atom is 0.273 e. The van der Waals surface area contributed by atoms with E-state index < -0.39 is 0 Å². The SMILES string of the molecule is CC1=C(C)C(c2ccccc2[N+](=O)[O-])C(C)=C(C)N1. The number of dihydropyridines is 1. The molecule has 0 spiro atoms. The van der Waals surface area contributed by atoms with E-state index in [-0.39, 0.29) is 16.5 Å². The fraction of sp³-hybridized carbons (Fsp3) is 0.333. The van der Waals surface area contributed by atoms with Crippen molar-refractivity contribution in [2.45, 2.75) is 33.6 Å². The summed E-state index contributed by atoms with van der Waals surface area (Å²) in [7, 11) is 0. The van der Waals surface area contributed by atoms with Gasteiger partial charge in [0.2, 0.25) is 0 Å². The van der Waals surface area contributed by atoms with Gasteiger partial charge in [0.1, 0.15) is 0 Å². The Labute approximate surface area is 113 Å². The molecule has 0 radical (unpaired) electrons. The summed E-state index contributed by atoms with van der Waals surface area (Å²) in [5, 5.41) is 14.5. The highest BCUT2D eigenvalue weighted by Crippen LogP contribution is 2.40. The van der Waals surface area contributed by atoms with Crippen LogP contribution in [-0.4, -0.2) is 4.92 Å². The molecule has 0 aromatic heterocycles. The van der Waals surface area contributed by atoms with Crippen molar-refractivity contribution in [2.24, 2.45) is 0 Å². The first-order valence-corrected chi connectivity index (χ1v) is 6.28. The second-order valence-corrected chi connectivity index (χ2v) is 4.99. The molecule has 4 nitrogen and oxygen atoms in total. The molecule has 1 aliphatic rings. The Balaban J connectivity index is 2.63. The van der Waals surface area contributed by atoms with Gasteiger partial charge in [-0.3, -0.25) is 10.1 Å². The molecule has 0 saturated carbocycles. The van der Waals surface area contributed by atoms with Crippen molar-refractivity contribution in [3.8, 4) is 0 Å². The smallest absolute Gasteiger partial charge is 0.273 e. The first kappa shape index (κ1) is 13.3. The van der Waals surface area contributed by atoms with Crippen molar-refractivity contribution in [3.63, 3.8) is 0 Å². The molecule has 1 N–H and O–H groups in total. The van der Waals surface area contributed by atoms with E-state index >= 15 is 0 Å². The van der Waals surface area contributed by atoms with Gasteiger partial charge in [0, 0.05) is 28.9 Å². The Hall–Kier alpha value is -2.10. The van der Waals surface area contributed by atoms with Crippen LogP contribution in [0.25, 0.3) is 0 Å². The second-order valence-electron chi connectivity index (χ2n) is 4.99. The number of nitrogens with one attached hydrogen (secondary N) is 1. The van der Waals surface area contributed by atoms with Gasteiger partial charge in [-0.25, -0.2) is 0 Å². The van der Waals surface area contributed by atoms with Gasteiger partial charge in [0.05, 0.1) is 4.92 Å². The quantitative estimate of drug-likeness (QED) is 0.647. The van der Waals surface area contributed by atoms with E-state index in [0.29, 0.717) is 0 Å². The molecule has 0 amide bonds. The van der Waals surface area contributed by atoms with Crippen molar-refractivity contribution in [1.82, 2.24) is 5.32 Å². The predicted molar refractivity (Wildman–Crippen MR) is 75.7 cm³/mol. The molecule has 1 aromatic carbocycles. The molecule has 1 aliphatic heterocycles. The molecule has 0 fully saturated rings. The zero-order valence-electron chi connectivity index (χ0n) is 11.7. The van der Waals surface area contributed by atoms with Crippen LogP contribution in [-0.2, 0) is 0 Å². The van der Waals surface area contributed by atoms with Crippen molar-refractivity contribution in [2.75, 3.05) is 0 Å². The molecule has 2 rings (SSSR count). The zero-order chi connectivity index (χ0) is 14.2. The largest absolute Gasteiger partial charge is 0.363 e. The van der Waals surface area contributed by atoms with Gasteiger partial charge < -0.3 is 5.32 Å². The van der Waals surface area contributed by atoms with Crippen LogP contribution in [0.1, 0.15) is 39.2 Å². The lowest BCUT2D eigenvalue weighted by Gasteiger charge is -2.29. The number of nitro groups is 1. The molecule has 1 heterocycles. The standard InChI is InChI=1S/C15H18N2O2/c1-9-11(3)16-12(4)10(2)15(9)13-7-5-6-8-14(13)17(18)19/h5-8,15-16H,1-4H3. The number of hydrogen-bond donors (Lipinski definition) is 1. The Bertz CT molecular complexity index is 576. The summed E-state index contributed by atoms with van der Waals surface area (Å²) < 4.78 is 0. The van der Waals surface area contributed by atoms with Gasteiger partial charge in [0.15, 0.2) is 0 Å². The molecular weight excluding hydrogens is 240 g/mol. The lowest BCUT2D eigenvalue weighted by molar-refractivity contribution is -0.385. The van der Waals surface area contributed by atoms with E-state index in [0.717, 1.165) is 28.1 Å². The van der Waals surface area contributed by atoms with Gasteiger partial charge in [-0.15, -0.1) is 0 Å². The van der Waals surface area contributed by atoms with Gasteiger partial charge in [-0.2, -0.15) is 0 Å². The van der Waals surface area contributed by atoms with Gasteiger partial charge in [-0.05, 0) is 38.8 Å². The van der Waals surface area contributed by atoms with Crippen molar-refractivity contribution in [3.05, 3.63) is 62.5 Å². The average molecular weight is 258 g/mol. The lowest BCUT2D eigenvalue weighted by Crippen LogP contribution is -2.22. The summed E-state index contributed by atoms with van der Waals surface area (Å²) in [4.78, 5) is 10.9. The third kappa shape index (κ3) is 2.26. The Morgan fingerprint density at radius 1 is 1.05 bits per heavy atom. The molecular formula is C15H18N2O2. The minimum absolute atomic E-state index is 0.0113. The monoisotopic (exact) mass is 258 g/mol. The van der Waals surface area contributed by atoms with Crippen LogP contribution in [0, 0.1) is 10.1 Å². The van der Waals surface area contributed by atoms with E-state index in [2.05, 4.69) is 5.32 Å². The summed E-state index contributed by atoms with van der Waals surface area (Å²) in [5.41, 5.74) is 5.38. The summed E-state index contributed by atoms with van der Waals surface area (Å²) in [6.07, 6.45) is 0. The molecule has 1 aromatic rings. The molecule has 0 saturated heterocycles. The predicted octanol–water partition coefficient (Wildman–Crippen LogP) is 3.87. The maximum atomic E-state index is 11.2. The molecule has 0 bridgehead atoms. The maximum absolute atomic E-state index is 11.2. The normalized spacial score (nSPS) is 16.6. The van der Waals surface area contributed by atoms with Gasteiger partial charge in [-0.1, -0.05) is 18.2 Å². The second kappa shape index (κ2) is 4.88. The minimum atomic E-state index is -0.303. The van der Waals surface area contributed by atoms with E-state index in [9.17, 15) is 10.1 Å². The van der Waals surface area contributed by atoms with E-state index in [1.807, 2.05) is 39.8 Å². The summed E-state index contributed by atoms with van der Waals surface area (Å²) in [6.45, 7) is 8.07. The lowest BCUT2D eigenvalue weighted by atomic mass is 9.81. The Morgan fingerprint density at radius 2 is 1.58 bits per heavy atom. The average Bonchev–Trinajstić information content (AvgIpc) is 2.37. The molecule has 19 heavy (non-hydrogen) atoms. The Morgan fingerprint density at radius 3 is 2.11 bits per heavy atom. The topological polar surface area (TPSA) is 55.2 Å². The number of rotatable bonds is 2. The van der Waals surface area contributed by atoms with E-state index in [1.165, 1.54) is 0 Å². The van der Waals surface area contributed by atoms with Gasteiger partial charge >= 0.3 is 0 Å². The molecule has 0 unspecified atom stereocenters. The highest BCUT2D eigenvalue weighted by Gasteiger charge is 2.28. The Kier molecular flexibility index (Phi) is 3.42. The number of benzene rings is 1. The highest BCUT2D eigenvalue weighted by molar-refractivity contribution is 5.52. The van der Waals surface area contributed by atoms with Crippen LogP contribution in [0.2, 0.25) is 0 Å². The molecule has 0 aliphatic carbocycles. The van der Waals surface area contributed by atoms with Crippen LogP contribution in [0.3, 0.4) is 0 Å². The minimum Gasteiger partial charge on any atom is -0.363 e. The fourth-order valence-electron chi connectivity index (χ4n) is 2.60. The first-order chi connectivity index (χ1) is 8.93. The van der Waals surface area contributed by atoms with Crippen LogP contribution < -0.4 is 5.32 Å². The molecule has 100 valence electrons. The number of para-hydroxylation sites is 1. The van der Waals surface area contributed by atoms with Crippen molar-refractivity contribution in [1.29, 1.82) is 0 Å². The van der Waals surface area contributed by atoms with E-state index in [1.54, 1.807) is 12.1 Å². The third-order valence-electron chi connectivity index (χ3n) is 3.87. The summed E-state index contributed by atoms with van der Waals surface area (Å²) in [6, 6.07) is 6.99. The zero-order valence-corrected chi connectivity index (χ0v) is 11.7. The molecule has 4 heteroatoms. The molecule has 0 atom stereocenters. The first-order valence-electron chi connectivity index (χ1n) is 6.28. The summed E-state index contributed by atoms with van der Waals surface area (Å²) >= 11 is 0. The van der Waals surface area contributed by atoms with Crippen molar-refractivity contribution < 1.29 is 4.92 Å². The van der Waals surface area contributed by atoms with Crippen molar-refractivity contribution >= 4 is 5.69 Å². The van der Waals surface area contributed by atoms with Crippen LogP contribution in [0.15, 0.2) is 46.8 Å². The number of hydrogen-bond acceptors (Lipinski definition) is 3. The van der Waals surface area contributed by atoms with Gasteiger partial charge in [0.25, 0.3) is 5.69 Å². The number of allylic oxidation sites excluding steroid dienone is 4. The number of nitrogens with zero attached hydrogens (tertiary/aromatic N) is 1. The van der Waals surface area contributed by atoms with Crippen LogP contribution >= 0.6 is 0 Å². The highest BCUT2D eigenvalue weighted by atomic mass is 16.6. The third-order valence-corrected chi connectivity index (χ3v) is 3.87. The van der Waals surface area contributed by atoms with Crippen LogP contribution in [0.4, 0.5) is 5.69 Å². The van der Waals surface area contributed by atoms with Crippen LogP contribution in [0.5, 0.6) is 0 Å². The fourth-order valence-corrected chi connectivity index (χ4v) is 2.60. The van der Waals surface area contributed by atoms with E-state index in [4.69, 9.17) is 0 Å². The number of nitro benzene ring substituents is 1. The summed E-state index contributed by atoms with van der Waals surface area (Å²) in [5.74, 6) is -0.0113.